The third kappa shape index (κ3) is 1.74. The summed E-state index contributed by atoms with van der Waals surface area (Å²) in [7, 11) is 0. The Labute approximate surface area is 72.2 Å². The molecule has 0 radical (unpaired) electrons. The Kier molecular flexibility index (Phi) is 2.19. The topological polar surface area (TPSA) is 26.0 Å². The number of nitrogens with two attached hydrogens (primary N) is 1. The largest absolute Gasteiger partial charge is 0.419 e. The van der Waals surface area contributed by atoms with E-state index in [1.807, 2.05) is 0 Å². The lowest BCUT2D eigenvalue weighted by atomic mass is 10.1. The molecule has 0 amide bonds. The van der Waals surface area contributed by atoms with Crippen molar-refractivity contribution in [2.75, 3.05) is 5.73 Å². The first-order valence-corrected chi connectivity index (χ1v) is 3.46. The summed E-state index contributed by atoms with van der Waals surface area (Å²) in [6.07, 6.45) is -4.69. The van der Waals surface area contributed by atoms with Gasteiger partial charge < -0.3 is 5.73 Å². The van der Waals surface area contributed by atoms with E-state index in [2.05, 4.69) is 0 Å². The normalized spacial score (nSPS) is 11.8. The molecule has 0 aliphatic carbocycles. The van der Waals surface area contributed by atoms with Crippen molar-refractivity contribution in [3.63, 3.8) is 0 Å². The maximum atomic E-state index is 12.9. The van der Waals surface area contributed by atoms with Gasteiger partial charge >= 0.3 is 6.18 Å². The summed E-state index contributed by atoms with van der Waals surface area (Å²) in [5.41, 5.74) is 3.07. The second kappa shape index (κ2) is 2.90. The average molecular weight is 193 g/mol. The summed E-state index contributed by atoms with van der Waals surface area (Å²) in [6.45, 7) is 1.19. The molecule has 0 unspecified atom stereocenters. The van der Waals surface area contributed by atoms with E-state index in [1.54, 1.807) is 0 Å². The third-order valence-corrected chi connectivity index (χ3v) is 1.66. The number of halogens is 4. The van der Waals surface area contributed by atoms with E-state index in [0.717, 1.165) is 12.1 Å². The second-order valence-electron chi connectivity index (χ2n) is 2.66. The molecule has 1 aromatic carbocycles. The summed E-state index contributed by atoms with van der Waals surface area (Å²) in [4.78, 5) is 0. The predicted molar refractivity (Wildman–Crippen MR) is 40.6 cm³/mol. The molecule has 0 spiro atoms. The quantitative estimate of drug-likeness (QED) is 0.497. The van der Waals surface area contributed by atoms with Crippen LogP contribution < -0.4 is 5.73 Å². The molecule has 72 valence electrons. The fraction of sp³-hybridized carbons (Fsp3) is 0.250. The molecular weight excluding hydrogens is 186 g/mol. The van der Waals surface area contributed by atoms with Crippen LogP contribution in [0.4, 0.5) is 23.2 Å². The van der Waals surface area contributed by atoms with Gasteiger partial charge in [0.25, 0.3) is 0 Å². The summed E-state index contributed by atoms with van der Waals surface area (Å²) >= 11 is 0. The number of hydrogen-bond donors (Lipinski definition) is 1. The summed E-state index contributed by atoms with van der Waals surface area (Å²) < 4.78 is 49.5. The molecule has 0 bridgehead atoms. The minimum absolute atomic E-state index is 0.167. The lowest BCUT2D eigenvalue weighted by molar-refractivity contribution is -0.140. The molecule has 0 aliphatic rings. The summed E-state index contributed by atoms with van der Waals surface area (Å²) in [6, 6.07) is 2.25. The Bertz CT molecular complexity index is 330. The van der Waals surface area contributed by atoms with E-state index < -0.39 is 23.2 Å². The van der Waals surface area contributed by atoms with Gasteiger partial charge in [0.05, 0.1) is 11.3 Å². The van der Waals surface area contributed by atoms with Gasteiger partial charge in [-0.2, -0.15) is 13.2 Å². The molecule has 0 aliphatic heterocycles. The van der Waals surface area contributed by atoms with Gasteiger partial charge in [-0.1, -0.05) is 6.07 Å². The van der Waals surface area contributed by atoms with Crippen molar-refractivity contribution in [1.82, 2.24) is 0 Å². The maximum Gasteiger partial charge on any atom is 0.419 e. The van der Waals surface area contributed by atoms with Gasteiger partial charge in [0.15, 0.2) is 5.82 Å². The molecule has 1 rings (SSSR count). The number of alkyl halides is 3. The predicted octanol–water partition coefficient (Wildman–Crippen LogP) is 2.74. The number of benzene rings is 1. The summed E-state index contributed by atoms with van der Waals surface area (Å²) in [5.74, 6) is -1.40. The molecule has 5 heteroatoms. The number of rotatable bonds is 0. The van der Waals surface area contributed by atoms with E-state index >= 15 is 0 Å². The highest BCUT2D eigenvalue weighted by Gasteiger charge is 2.36. The Morgan fingerprint density at radius 3 is 2.15 bits per heavy atom. The van der Waals surface area contributed by atoms with Crippen molar-refractivity contribution in [3.05, 3.63) is 29.1 Å². The Hall–Kier alpha value is -1.26. The number of aryl methyl sites for hydroxylation is 1. The van der Waals surface area contributed by atoms with Gasteiger partial charge in [-0.25, -0.2) is 4.39 Å². The SMILES string of the molecule is Cc1ccc(N)c(F)c1C(F)(F)F. The Morgan fingerprint density at radius 2 is 1.77 bits per heavy atom. The molecule has 0 aromatic heterocycles. The van der Waals surface area contributed by atoms with Crippen LogP contribution in [0.15, 0.2) is 12.1 Å². The van der Waals surface area contributed by atoms with Crippen LogP contribution in [0.1, 0.15) is 11.1 Å². The molecule has 2 N–H and O–H groups in total. The molecule has 1 aromatic rings. The van der Waals surface area contributed by atoms with Crippen LogP contribution in [-0.4, -0.2) is 0 Å². The molecule has 0 saturated heterocycles. The van der Waals surface area contributed by atoms with Crippen molar-refractivity contribution in [2.45, 2.75) is 13.1 Å². The first-order chi connectivity index (χ1) is 5.84. The van der Waals surface area contributed by atoms with Crippen LogP contribution in [0.5, 0.6) is 0 Å². The molecule has 0 atom stereocenters. The van der Waals surface area contributed by atoms with E-state index in [0.29, 0.717) is 0 Å². The van der Waals surface area contributed by atoms with Crippen LogP contribution in [-0.2, 0) is 6.18 Å². The maximum absolute atomic E-state index is 12.9. The minimum Gasteiger partial charge on any atom is -0.396 e. The van der Waals surface area contributed by atoms with Crippen LogP contribution in [0.25, 0.3) is 0 Å². The first-order valence-electron chi connectivity index (χ1n) is 3.46. The van der Waals surface area contributed by atoms with Crippen molar-refractivity contribution in [2.24, 2.45) is 0 Å². The minimum atomic E-state index is -4.69. The standard InChI is InChI=1S/C8H7F4N/c1-4-2-3-5(13)7(9)6(4)8(10,11)12/h2-3H,13H2,1H3. The van der Waals surface area contributed by atoms with Gasteiger partial charge in [-0.3, -0.25) is 0 Å². The second-order valence-corrected chi connectivity index (χ2v) is 2.66. The molecule has 13 heavy (non-hydrogen) atoms. The number of hydrogen-bond acceptors (Lipinski definition) is 1. The fourth-order valence-electron chi connectivity index (χ4n) is 1.04. The van der Waals surface area contributed by atoms with Crippen molar-refractivity contribution in [1.29, 1.82) is 0 Å². The highest BCUT2D eigenvalue weighted by Crippen LogP contribution is 2.35. The van der Waals surface area contributed by atoms with Gasteiger partial charge in [0, 0.05) is 0 Å². The monoisotopic (exact) mass is 193 g/mol. The Balaban J connectivity index is 3.43. The highest BCUT2D eigenvalue weighted by molar-refractivity contribution is 5.47. The molecular formula is C8H7F4N. The third-order valence-electron chi connectivity index (χ3n) is 1.66. The summed E-state index contributed by atoms with van der Waals surface area (Å²) in [5, 5.41) is 0. The molecule has 0 saturated carbocycles. The zero-order valence-electron chi connectivity index (χ0n) is 6.74. The molecule has 0 heterocycles. The van der Waals surface area contributed by atoms with E-state index in [-0.39, 0.29) is 5.56 Å². The number of anilines is 1. The Morgan fingerprint density at radius 1 is 1.23 bits per heavy atom. The van der Waals surface area contributed by atoms with E-state index in [4.69, 9.17) is 5.73 Å². The first kappa shape index (κ1) is 9.83. The van der Waals surface area contributed by atoms with Crippen molar-refractivity contribution < 1.29 is 17.6 Å². The van der Waals surface area contributed by atoms with Crippen molar-refractivity contribution >= 4 is 5.69 Å². The highest BCUT2D eigenvalue weighted by atomic mass is 19.4. The smallest absolute Gasteiger partial charge is 0.396 e. The average Bonchev–Trinajstić information content (AvgIpc) is 1.95. The zero-order chi connectivity index (χ0) is 10.2. The van der Waals surface area contributed by atoms with Gasteiger partial charge in [0.2, 0.25) is 0 Å². The van der Waals surface area contributed by atoms with Gasteiger partial charge in [-0.15, -0.1) is 0 Å². The fourth-order valence-corrected chi connectivity index (χ4v) is 1.04. The lowest BCUT2D eigenvalue weighted by Gasteiger charge is -2.11. The van der Waals surface area contributed by atoms with Crippen LogP contribution in [0.3, 0.4) is 0 Å². The zero-order valence-corrected chi connectivity index (χ0v) is 6.74. The van der Waals surface area contributed by atoms with E-state index in [9.17, 15) is 17.6 Å². The van der Waals surface area contributed by atoms with Crippen LogP contribution in [0.2, 0.25) is 0 Å². The lowest BCUT2D eigenvalue weighted by Crippen LogP contribution is -2.12. The van der Waals surface area contributed by atoms with Gasteiger partial charge in [-0.05, 0) is 18.6 Å². The number of nitrogen functional groups attached to an aromatic ring is 1. The van der Waals surface area contributed by atoms with Crippen LogP contribution in [0, 0.1) is 12.7 Å². The molecule has 1 nitrogen and oxygen atoms in total. The van der Waals surface area contributed by atoms with E-state index in [1.165, 1.54) is 6.92 Å². The molecule has 0 fully saturated rings. The van der Waals surface area contributed by atoms with Crippen molar-refractivity contribution in [3.8, 4) is 0 Å². The van der Waals surface area contributed by atoms with Crippen LogP contribution >= 0.6 is 0 Å². The van der Waals surface area contributed by atoms with Gasteiger partial charge in [0.1, 0.15) is 0 Å².